The van der Waals surface area contributed by atoms with E-state index in [1.165, 1.54) is 28.3 Å². The number of benzene rings is 2. The Kier molecular flexibility index (Phi) is 4.60. The topological polar surface area (TPSA) is 12.0 Å². The van der Waals surface area contributed by atoms with E-state index in [2.05, 4.69) is 69.4 Å². The number of nitrogens with one attached hydrogen (secondary N) is 1. The van der Waals surface area contributed by atoms with Crippen molar-refractivity contribution in [1.29, 1.82) is 0 Å². The lowest BCUT2D eigenvalue weighted by molar-refractivity contribution is 0.414. The molecule has 2 aromatic rings. The van der Waals surface area contributed by atoms with E-state index in [9.17, 15) is 0 Å². The van der Waals surface area contributed by atoms with Crippen LogP contribution in [0.2, 0.25) is 0 Å². The summed E-state index contributed by atoms with van der Waals surface area (Å²) in [6.45, 7) is 10.1. The van der Waals surface area contributed by atoms with E-state index >= 15 is 0 Å². The Morgan fingerprint density at radius 3 is 2.47 bits per heavy atom. The van der Waals surface area contributed by atoms with Crippen LogP contribution in [-0.4, -0.2) is 6.54 Å². The fourth-order valence-corrected chi connectivity index (χ4v) is 2.79. The maximum absolute atomic E-state index is 3.72. The summed E-state index contributed by atoms with van der Waals surface area (Å²) in [4.78, 5) is 0. The molecule has 0 heterocycles. The molecule has 0 spiro atoms. The van der Waals surface area contributed by atoms with Gasteiger partial charge in [-0.25, -0.2) is 0 Å². The molecule has 0 fully saturated rings. The highest BCUT2D eigenvalue weighted by atomic mass is 14.9. The lowest BCUT2D eigenvalue weighted by Crippen LogP contribution is -2.27. The summed E-state index contributed by atoms with van der Waals surface area (Å²) in [5, 5.41) is 6.45. The third kappa shape index (κ3) is 2.98. The van der Waals surface area contributed by atoms with Gasteiger partial charge in [-0.15, -0.1) is 0 Å². The average Bonchev–Trinajstić information content (AvgIpc) is 2.41. The zero-order chi connectivity index (χ0) is 13.8. The van der Waals surface area contributed by atoms with Crippen molar-refractivity contribution in [2.24, 2.45) is 5.92 Å². The zero-order valence-corrected chi connectivity index (χ0v) is 12.5. The molecule has 1 atom stereocenters. The molecule has 0 aliphatic heterocycles. The van der Waals surface area contributed by atoms with Crippen LogP contribution in [0.25, 0.3) is 10.8 Å². The van der Waals surface area contributed by atoms with Crippen LogP contribution >= 0.6 is 0 Å². The molecule has 1 N–H and O–H groups in total. The molecule has 1 nitrogen and oxygen atoms in total. The first-order chi connectivity index (χ1) is 9.15. The van der Waals surface area contributed by atoms with Crippen molar-refractivity contribution in [3.8, 4) is 0 Å². The molecule has 2 rings (SSSR count). The van der Waals surface area contributed by atoms with Crippen LogP contribution in [-0.2, 0) is 0 Å². The van der Waals surface area contributed by atoms with Crippen LogP contribution in [0.1, 0.15) is 44.4 Å². The number of hydrogen-bond acceptors (Lipinski definition) is 1. The van der Waals surface area contributed by atoms with Gasteiger partial charge in [-0.1, -0.05) is 57.2 Å². The summed E-state index contributed by atoms with van der Waals surface area (Å²) in [6, 6.07) is 13.6. The maximum atomic E-state index is 3.72. The van der Waals surface area contributed by atoms with Crippen molar-refractivity contribution in [3.63, 3.8) is 0 Å². The second-order valence-corrected chi connectivity index (χ2v) is 5.69. The van der Waals surface area contributed by atoms with Crippen molar-refractivity contribution in [2.75, 3.05) is 6.54 Å². The van der Waals surface area contributed by atoms with Gasteiger partial charge in [-0.2, -0.15) is 0 Å². The van der Waals surface area contributed by atoms with Crippen molar-refractivity contribution >= 4 is 10.8 Å². The van der Waals surface area contributed by atoms with Gasteiger partial charge in [-0.05, 0) is 47.7 Å². The van der Waals surface area contributed by atoms with Crippen LogP contribution in [0.4, 0.5) is 0 Å². The van der Waals surface area contributed by atoms with Crippen molar-refractivity contribution in [2.45, 2.75) is 40.2 Å². The molecule has 1 heteroatoms. The van der Waals surface area contributed by atoms with Crippen LogP contribution in [0.5, 0.6) is 0 Å². The minimum Gasteiger partial charge on any atom is -0.310 e. The zero-order valence-electron chi connectivity index (χ0n) is 12.5. The third-order valence-corrected chi connectivity index (χ3v) is 3.78. The second-order valence-electron chi connectivity index (χ2n) is 5.69. The highest BCUT2D eigenvalue weighted by Gasteiger charge is 2.19. The standard InChI is InChI=1S/C18H25N/c1-5-12-19-18(13(2)3)17-14(4)10-11-15-8-6-7-9-16(15)17/h6-11,13,18-19H,5,12H2,1-4H3. The first kappa shape index (κ1) is 14.1. The molecule has 1 unspecified atom stereocenters. The van der Waals surface area contributed by atoms with Gasteiger partial charge in [0.25, 0.3) is 0 Å². The molecule has 0 aliphatic carbocycles. The first-order valence-electron chi connectivity index (χ1n) is 7.36. The predicted octanol–water partition coefficient (Wildman–Crippen LogP) is 4.84. The SMILES string of the molecule is CCCNC(c1c(C)ccc2ccccc12)C(C)C. The maximum Gasteiger partial charge on any atom is 0.0352 e. The normalized spacial score (nSPS) is 13.1. The molecular weight excluding hydrogens is 230 g/mol. The molecule has 0 aromatic heterocycles. The van der Waals surface area contributed by atoms with E-state index in [0.717, 1.165) is 6.54 Å². The molecule has 102 valence electrons. The van der Waals surface area contributed by atoms with Crippen molar-refractivity contribution < 1.29 is 0 Å². The summed E-state index contributed by atoms with van der Waals surface area (Å²) in [6.07, 6.45) is 1.17. The van der Waals surface area contributed by atoms with Crippen LogP contribution in [0.3, 0.4) is 0 Å². The molecular formula is C18H25N. The molecule has 2 aromatic carbocycles. The van der Waals surface area contributed by atoms with Crippen molar-refractivity contribution in [1.82, 2.24) is 5.32 Å². The Balaban J connectivity index is 2.54. The quantitative estimate of drug-likeness (QED) is 0.805. The predicted molar refractivity (Wildman–Crippen MR) is 84.6 cm³/mol. The molecule has 0 radical (unpaired) electrons. The molecule has 0 amide bonds. The summed E-state index contributed by atoms with van der Waals surface area (Å²) in [5.41, 5.74) is 2.86. The highest BCUT2D eigenvalue weighted by Crippen LogP contribution is 2.31. The van der Waals surface area contributed by atoms with E-state index in [1.807, 2.05) is 0 Å². The molecule has 19 heavy (non-hydrogen) atoms. The van der Waals surface area contributed by atoms with Gasteiger partial charge in [-0.3, -0.25) is 0 Å². The van der Waals surface area contributed by atoms with E-state index in [-0.39, 0.29) is 0 Å². The lowest BCUT2D eigenvalue weighted by Gasteiger charge is -2.26. The molecule has 0 saturated carbocycles. The second kappa shape index (κ2) is 6.21. The van der Waals surface area contributed by atoms with Gasteiger partial charge in [0.05, 0.1) is 0 Å². The summed E-state index contributed by atoms with van der Waals surface area (Å²) >= 11 is 0. The fraction of sp³-hybridized carbons (Fsp3) is 0.444. The summed E-state index contributed by atoms with van der Waals surface area (Å²) < 4.78 is 0. The van der Waals surface area contributed by atoms with Crippen LogP contribution in [0, 0.1) is 12.8 Å². The Hall–Kier alpha value is -1.34. The number of fused-ring (bicyclic) bond motifs is 1. The van der Waals surface area contributed by atoms with Gasteiger partial charge < -0.3 is 5.32 Å². The van der Waals surface area contributed by atoms with Crippen molar-refractivity contribution in [3.05, 3.63) is 47.5 Å². The van der Waals surface area contributed by atoms with Crippen LogP contribution < -0.4 is 5.32 Å². The van der Waals surface area contributed by atoms with E-state index in [0.29, 0.717) is 12.0 Å². The van der Waals surface area contributed by atoms with Gasteiger partial charge in [0.15, 0.2) is 0 Å². The van der Waals surface area contributed by atoms with Gasteiger partial charge in [0.2, 0.25) is 0 Å². The number of rotatable bonds is 5. The summed E-state index contributed by atoms with van der Waals surface area (Å²) in [7, 11) is 0. The van der Waals surface area contributed by atoms with Gasteiger partial charge in [0.1, 0.15) is 0 Å². The smallest absolute Gasteiger partial charge is 0.0352 e. The Labute approximate surface area is 117 Å². The number of hydrogen-bond donors (Lipinski definition) is 1. The fourth-order valence-electron chi connectivity index (χ4n) is 2.79. The average molecular weight is 255 g/mol. The molecule has 0 aliphatic rings. The van der Waals surface area contributed by atoms with E-state index in [4.69, 9.17) is 0 Å². The monoisotopic (exact) mass is 255 g/mol. The van der Waals surface area contributed by atoms with E-state index in [1.54, 1.807) is 0 Å². The minimum atomic E-state index is 0.436. The Bertz CT molecular complexity index is 542. The Morgan fingerprint density at radius 1 is 1.05 bits per heavy atom. The summed E-state index contributed by atoms with van der Waals surface area (Å²) in [5.74, 6) is 0.594. The van der Waals surface area contributed by atoms with Crippen LogP contribution in [0.15, 0.2) is 36.4 Å². The van der Waals surface area contributed by atoms with E-state index < -0.39 is 0 Å². The van der Waals surface area contributed by atoms with Gasteiger partial charge in [0, 0.05) is 6.04 Å². The lowest BCUT2D eigenvalue weighted by atomic mass is 9.88. The highest BCUT2D eigenvalue weighted by molar-refractivity contribution is 5.87. The molecule has 0 saturated heterocycles. The molecule has 0 bridgehead atoms. The first-order valence-corrected chi connectivity index (χ1v) is 7.36. The third-order valence-electron chi connectivity index (χ3n) is 3.78. The number of aryl methyl sites for hydroxylation is 1. The van der Waals surface area contributed by atoms with Gasteiger partial charge >= 0.3 is 0 Å². The minimum absolute atomic E-state index is 0.436. The largest absolute Gasteiger partial charge is 0.310 e. The Morgan fingerprint density at radius 2 is 1.79 bits per heavy atom.